The molecular weight excluding hydrogens is 228 g/mol. The summed E-state index contributed by atoms with van der Waals surface area (Å²) in [5.41, 5.74) is 1.15. The average molecular weight is 244 g/mol. The summed E-state index contributed by atoms with van der Waals surface area (Å²) >= 11 is 0. The molecule has 1 aromatic rings. The lowest BCUT2D eigenvalue weighted by atomic mass is 10.1. The van der Waals surface area contributed by atoms with Crippen LogP contribution >= 0.6 is 0 Å². The number of likely N-dealkylation sites (tertiary alicyclic amines) is 1. The second-order valence-electron chi connectivity index (χ2n) is 4.47. The molecule has 0 spiro atoms. The summed E-state index contributed by atoms with van der Waals surface area (Å²) in [6.45, 7) is 8.43. The van der Waals surface area contributed by atoms with E-state index in [0.29, 0.717) is 19.5 Å². The van der Waals surface area contributed by atoms with Crippen LogP contribution in [-0.4, -0.2) is 36.6 Å². The summed E-state index contributed by atoms with van der Waals surface area (Å²) < 4.78 is 4.81. The number of hydrogen-bond donors (Lipinski definition) is 0. The third-order valence-corrected chi connectivity index (χ3v) is 3.27. The molecule has 4 heteroatoms. The van der Waals surface area contributed by atoms with E-state index >= 15 is 0 Å². The van der Waals surface area contributed by atoms with Crippen LogP contribution < -0.4 is 0 Å². The van der Waals surface area contributed by atoms with E-state index in [9.17, 15) is 4.79 Å². The Morgan fingerprint density at radius 3 is 2.83 bits per heavy atom. The summed E-state index contributed by atoms with van der Waals surface area (Å²) in [4.78, 5) is 17.3. The quantitative estimate of drug-likeness (QED) is 0.599. The van der Waals surface area contributed by atoms with E-state index in [2.05, 4.69) is 4.85 Å². The van der Waals surface area contributed by atoms with Crippen LogP contribution in [0.1, 0.15) is 12.0 Å². The van der Waals surface area contributed by atoms with Gasteiger partial charge in [0.25, 0.3) is 0 Å². The fourth-order valence-electron chi connectivity index (χ4n) is 2.35. The molecular formula is C14H16N2O2. The zero-order valence-corrected chi connectivity index (χ0v) is 10.4. The van der Waals surface area contributed by atoms with Crippen molar-refractivity contribution in [3.8, 4) is 0 Å². The van der Waals surface area contributed by atoms with E-state index in [4.69, 9.17) is 11.3 Å². The molecule has 0 aliphatic carbocycles. The fraction of sp³-hybridized carbons (Fsp3) is 0.429. The van der Waals surface area contributed by atoms with Gasteiger partial charge in [-0.1, -0.05) is 30.3 Å². The molecule has 0 unspecified atom stereocenters. The Morgan fingerprint density at radius 1 is 1.50 bits per heavy atom. The molecule has 0 aromatic heterocycles. The van der Waals surface area contributed by atoms with Gasteiger partial charge in [-0.25, -0.2) is 6.57 Å². The SMILES string of the molecule is [C-]#[N+][C@@H]1C[C@@H](C(=O)OC)N(Cc2ccccc2)C1. The first-order valence-electron chi connectivity index (χ1n) is 5.97. The number of nitrogens with zero attached hydrogens (tertiary/aromatic N) is 2. The zero-order valence-electron chi connectivity index (χ0n) is 10.4. The van der Waals surface area contributed by atoms with Crippen LogP contribution in [0.2, 0.25) is 0 Å². The van der Waals surface area contributed by atoms with Crippen molar-refractivity contribution in [1.82, 2.24) is 4.90 Å². The smallest absolute Gasteiger partial charge is 0.323 e. The third-order valence-electron chi connectivity index (χ3n) is 3.27. The second kappa shape index (κ2) is 5.65. The first-order valence-corrected chi connectivity index (χ1v) is 5.97. The monoisotopic (exact) mass is 244 g/mol. The standard InChI is InChI=1S/C14H16N2O2/c1-15-12-8-13(14(17)18-2)16(10-12)9-11-6-4-3-5-7-11/h3-7,12-13H,8-10H2,2H3/t12-,13+/m1/s1. The van der Waals surface area contributed by atoms with Crippen molar-refractivity contribution < 1.29 is 9.53 Å². The van der Waals surface area contributed by atoms with Crippen molar-refractivity contribution in [2.45, 2.75) is 25.0 Å². The van der Waals surface area contributed by atoms with Gasteiger partial charge >= 0.3 is 5.97 Å². The molecule has 0 amide bonds. The number of methoxy groups -OCH3 is 1. The Bertz CT molecular complexity index is 453. The van der Waals surface area contributed by atoms with Crippen molar-refractivity contribution in [3.63, 3.8) is 0 Å². The second-order valence-corrected chi connectivity index (χ2v) is 4.47. The first-order chi connectivity index (χ1) is 8.74. The number of rotatable bonds is 3. The van der Waals surface area contributed by atoms with Crippen molar-refractivity contribution in [3.05, 3.63) is 47.3 Å². The molecule has 2 rings (SSSR count). The highest BCUT2D eigenvalue weighted by molar-refractivity contribution is 5.76. The highest BCUT2D eigenvalue weighted by Crippen LogP contribution is 2.23. The van der Waals surface area contributed by atoms with E-state index in [0.717, 1.165) is 5.56 Å². The molecule has 4 nitrogen and oxygen atoms in total. The molecule has 1 fully saturated rings. The van der Waals surface area contributed by atoms with E-state index in [1.54, 1.807) is 0 Å². The van der Waals surface area contributed by atoms with Gasteiger partial charge in [-0.15, -0.1) is 0 Å². The normalized spacial score (nSPS) is 23.6. The molecule has 1 heterocycles. The van der Waals surface area contributed by atoms with Gasteiger partial charge in [0, 0.05) is 6.54 Å². The zero-order chi connectivity index (χ0) is 13.0. The van der Waals surface area contributed by atoms with Crippen LogP contribution in [0.3, 0.4) is 0 Å². The third kappa shape index (κ3) is 2.69. The number of esters is 1. The van der Waals surface area contributed by atoms with Crippen molar-refractivity contribution in [2.24, 2.45) is 0 Å². The van der Waals surface area contributed by atoms with Crippen molar-refractivity contribution in [2.75, 3.05) is 13.7 Å². The maximum absolute atomic E-state index is 11.7. The van der Waals surface area contributed by atoms with Gasteiger partial charge in [-0.05, 0) is 5.56 Å². The Kier molecular flexibility index (Phi) is 3.96. The van der Waals surface area contributed by atoms with Crippen LogP contribution in [0.25, 0.3) is 4.85 Å². The number of ether oxygens (including phenoxy) is 1. The lowest BCUT2D eigenvalue weighted by Crippen LogP contribution is -2.36. The van der Waals surface area contributed by atoms with Crippen molar-refractivity contribution in [1.29, 1.82) is 0 Å². The summed E-state index contributed by atoms with van der Waals surface area (Å²) in [5, 5.41) is 0. The highest BCUT2D eigenvalue weighted by Gasteiger charge is 2.40. The van der Waals surface area contributed by atoms with E-state index in [1.165, 1.54) is 7.11 Å². The predicted molar refractivity (Wildman–Crippen MR) is 67.7 cm³/mol. The maximum Gasteiger partial charge on any atom is 0.323 e. The molecule has 1 aliphatic rings. The largest absolute Gasteiger partial charge is 0.468 e. The van der Waals surface area contributed by atoms with Crippen LogP contribution in [0.4, 0.5) is 0 Å². The van der Waals surface area contributed by atoms with Gasteiger partial charge in [0.15, 0.2) is 0 Å². The van der Waals surface area contributed by atoms with Gasteiger partial charge in [-0.2, -0.15) is 0 Å². The predicted octanol–water partition coefficient (Wildman–Crippen LogP) is 1.72. The van der Waals surface area contributed by atoms with E-state index in [-0.39, 0.29) is 18.1 Å². The minimum atomic E-state index is -0.283. The van der Waals surface area contributed by atoms with Gasteiger partial charge in [0.2, 0.25) is 6.04 Å². The summed E-state index contributed by atoms with van der Waals surface area (Å²) in [7, 11) is 1.40. The molecule has 1 saturated heterocycles. The van der Waals surface area contributed by atoms with Gasteiger partial charge in [0.1, 0.15) is 6.04 Å². The van der Waals surface area contributed by atoms with Gasteiger partial charge in [-0.3, -0.25) is 9.69 Å². The maximum atomic E-state index is 11.7. The molecule has 94 valence electrons. The summed E-state index contributed by atoms with van der Waals surface area (Å²) in [5.74, 6) is -0.239. The minimum Gasteiger partial charge on any atom is -0.468 e. The Labute approximate surface area is 107 Å². The molecule has 0 saturated carbocycles. The van der Waals surface area contributed by atoms with Gasteiger partial charge in [0.05, 0.1) is 20.1 Å². The molecule has 2 atom stereocenters. The van der Waals surface area contributed by atoms with E-state index in [1.807, 2.05) is 35.2 Å². The average Bonchev–Trinajstić information content (AvgIpc) is 2.82. The van der Waals surface area contributed by atoms with Crippen LogP contribution in [0.15, 0.2) is 30.3 Å². The molecule has 1 aromatic carbocycles. The lowest BCUT2D eigenvalue weighted by Gasteiger charge is -2.21. The number of hydrogen-bond acceptors (Lipinski definition) is 3. The molecule has 0 radical (unpaired) electrons. The topological polar surface area (TPSA) is 33.9 Å². The molecule has 0 N–H and O–H groups in total. The number of benzene rings is 1. The Balaban J connectivity index is 2.10. The summed E-state index contributed by atoms with van der Waals surface area (Å²) in [6.07, 6.45) is 0.572. The molecule has 1 aliphatic heterocycles. The number of carbonyl (C=O) groups is 1. The van der Waals surface area contributed by atoms with Crippen molar-refractivity contribution >= 4 is 5.97 Å². The molecule has 18 heavy (non-hydrogen) atoms. The lowest BCUT2D eigenvalue weighted by molar-refractivity contribution is -0.146. The Morgan fingerprint density at radius 2 is 2.22 bits per heavy atom. The Hall–Kier alpha value is -1.86. The van der Waals surface area contributed by atoms with Crippen LogP contribution in [0.5, 0.6) is 0 Å². The molecule has 0 bridgehead atoms. The van der Waals surface area contributed by atoms with Gasteiger partial charge < -0.3 is 9.58 Å². The van der Waals surface area contributed by atoms with E-state index < -0.39 is 0 Å². The number of carbonyl (C=O) groups excluding carboxylic acids is 1. The fourth-order valence-corrected chi connectivity index (χ4v) is 2.35. The highest BCUT2D eigenvalue weighted by atomic mass is 16.5. The van der Waals surface area contributed by atoms with Crippen LogP contribution in [-0.2, 0) is 16.1 Å². The summed E-state index contributed by atoms with van der Waals surface area (Å²) in [6, 6.07) is 9.59. The first kappa shape index (κ1) is 12.6. The minimum absolute atomic E-state index is 0.0992. The van der Waals surface area contributed by atoms with Crippen LogP contribution in [0, 0.1) is 6.57 Å².